The quantitative estimate of drug-likeness (QED) is 0.185. The van der Waals surface area contributed by atoms with Gasteiger partial charge in [-0.2, -0.15) is 13.2 Å². The second-order valence-corrected chi connectivity index (χ2v) is 12.5. The number of amides is 1. The fourth-order valence-corrected chi connectivity index (χ4v) is 7.00. The number of ether oxygens (including phenoxy) is 1. The van der Waals surface area contributed by atoms with Crippen molar-refractivity contribution in [1.82, 2.24) is 20.9 Å². The van der Waals surface area contributed by atoms with Crippen LogP contribution in [0.2, 0.25) is 0 Å². The van der Waals surface area contributed by atoms with Gasteiger partial charge in [-0.3, -0.25) is 4.79 Å². The van der Waals surface area contributed by atoms with Gasteiger partial charge in [0.15, 0.2) is 0 Å². The molecular weight excluding hydrogens is 549 g/mol. The number of nitrogens with one attached hydrogen (secondary N) is 3. The van der Waals surface area contributed by atoms with Crippen LogP contribution in [0.5, 0.6) is 0 Å². The highest BCUT2D eigenvalue weighted by Gasteiger charge is 2.49. The van der Waals surface area contributed by atoms with E-state index in [2.05, 4.69) is 27.8 Å². The number of likely N-dealkylation sites (tertiary alicyclic amines) is 1. The molecule has 0 spiro atoms. The van der Waals surface area contributed by atoms with E-state index >= 15 is 0 Å². The Morgan fingerprint density at radius 2 is 1.82 bits per heavy atom. The van der Waals surface area contributed by atoms with E-state index in [9.17, 15) is 33.3 Å². The van der Waals surface area contributed by atoms with Crippen LogP contribution >= 0.6 is 11.8 Å². The van der Waals surface area contributed by atoms with Crippen LogP contribution in [0, 0.1) is 11.8 Å². The lowest BCUT2D eigenvalue weighted by molar-refractivity contribution is -0.209. The summed E-state index contributed by atoms with van der Waals surface area (Å²) < 4.78 is 43.1. The van der Waals surface area contributed by atoms with Crippen molar-refractivity contribution >= 4 is 17.7 Å². The van der Waals surface area contributed by atoms with Crippen molar-refractivity contribution in [3.8, 4) is 0 Å². The van der Waals surface area contributed by atoms with E-state index in [0.717, 1.165) is 58.2 Å². The molecule has 0 radical (unpaired) electrons. The number of carbonyl (C=O) groups is 1. The monoisotopic (exact) mass is 598 g/mol. The Morgan fingerprint density at radius 1 is 1.10 bits per heavy atom. The summed E-state index contributed by atoms with van der Waals surface area (Å²) in [6.45, 7) is 4.89. The van der Waals surface area contributed by atoms with Gasteiger partial charge in [0.2, 0.25) is 5.91 Å². The van der Waals surface area contributed by atoms with Gasteiger partial charge in [-0.1, -0.05) is 6.92 Å². The van der Waals surface area contributed by atoms with Crippen molar-refractivity contribution < 1.29 is 38.0 Å². The highest BCUT2D eigenvalue weighted by molar-refractivity contribution is 7.99. The van der Waals surface area contributed by atoms with Crippen molar-refractivity contribution in [3.63, 3.8) is 0 Å². The van der Waals surface area contributed by atoms with Gasteiger partial charge >= 0.3 is 6.18 Å². The Bertz CT molecular complexity index is 760. The molecule has 3 fully saturated rings. The maximum atomic E-state index is 13.6. The maximum Gasteiger partial charge on any atom is 0.401 e. The fraction of sp³-hybridized carbons (Fsp3) is 0.963. The molecule has 0 aliphatic carbocycles. The number of aliphatic hydroxyl groups excluding tert-OH is 3. The van der Waals surface area contributed by atoms with Crippen LogP contribution in [-0.2, 0) is 9.53 Å². The molecule has 234 valence electrons. The zero-order chi connectivity index (χ0) is 29.3. The summed E-state index contributed by atoms with van der Waals surface area (Å²) in [5.74, 6) is 0.203. The van der Waals surface area contributed by atoms with Gasteiger partial charge in [0.1, 0.15) is 29.9 Å². The molecule has 3 heterocycles. The summed E-state index contributed by atoms with van der Waals surface area (Å²) in [5.41, 5.74) is -0.717. The van der Waals surface area contributed by atoms with Crippen molar-refractivity contribution in [1.29, 1.82) is 0 Å². The summed E-state index contributed by atoms with van der Waals surface area (Å²) in [6, 6.07) is -0.952. The smallest absolute Gasteiger partial charge is 0.388 e. The molecule has 3 saturated heterocycles. The van der Waals surface area contributed by atoms with E-state index in [1.807, 2.05) is 0 Å². The van der Waals surface area contributed by atoms with E-state index in [1.165, 1.54) is 11.8 Å². The summed E-state index contributed by atoms with van der Waals surface area (Å²) in [7, 11) is 0. The average molecular weight is 599 g/mol. The van der Waals surface area contributed by atoms with Crippen molar-refractivity contribution in [3.05, 3.63) is 0 Å². The summed E-state index contributed by atoms with van der Waals surface area (Å²) in [4.78, 5) is 16.0. The molecule has 1 amide bonds. The van der Waals surface area contributed by atoms with Gasteiger partial charge < -0.3 is 40.9 Å². The molecule has 3 aliphatic rings. The van der Waals surface area contributed by atoms with Gasteiger partial charge in [0.05, 0.1) is 18.6 Å². The van der Waals surface area contributed by atoms with Crippen LogP contribution in [0.15, 0.2) is 0 Å². The molecule has 13 heteroatoms. The molecule has 6 N–H and O–H groups in total. The van der Waals surface area contributed by atoms with Gasteiger partial charge in [0, 0.05) is 0 Å². The zero-order valence-electron chi connectivity index (χ0n) is 23.7. The van der Waals surface area contributed by atoms with E-state index < -0.39 is 54.7 Å². The minimum absolute atomic E-state index is 0.0457. The van der Waals surface area contributed by atoms with Crippen molar-refractivity contribution in [2.24, 2.45) is 11.8 Å². The van der Waals surface area contributed by atoms with Crippen LogP contribution in [-0.4, -0.2) is 120 Å². The number of rotatable bonds is 12. The first kappa shape index (κ1) is 33.8. The number of aliphatic hydroxyl groups is 3. The van der Waals surface area contributed by atoms with Gasteiger partial charge in [0.25, 0.3) is 0 Å². The first-order chi connectivity index (χ1) is 19.0. The number of hydrogen-bond acceptors (Lipinski definition) is 9. The molecule has 9 nitrogen and oxygen atoms in total. The lowest BCUT2D eigenvalue weighted by Gasteiger charge is -2.46. The second kappa shape index (κ2) is 16.3. The maximum absolute atomic E-state index is 13.6. The van der Waals surface area contributed by atoms with Gasteiger partial charge in [-0.05, 0) is 102 Å². The summed E-state index contributed by atoms with van der Waals surface area (Å²) in [5, 5.41) is 40.8. The van der Waals surface area contributed by atoms with Crippen LogP contribution in [0.1, 0.15) is 58.3 Å². The van der Waals surface area contributed by atoms with Gasteiger partial charge in [-0.25, -0.2) is 0 Å². The second-order valence-electron chi connectivity index (χ2n) is 11.6. The molecule has 8 unspecified atom stereocenters. The minimum atomic E-state index is -4.20. The molecule has 0 aromatic heterocycles. The van der Waals surface area contributed by atoms with Crippen LogP contribution in [0.25, 0.3) is 0 Å². The number of halogens is 3. The number of carbonyl (C=O) groups excluding carboxylic acids is 1. The number of nitrogens with zero attached hydrogens (tertiary/aromatic N) is 1. The predicted octanol–water partition coefficient (Wildman–Crippen LogP) is 1.45. The van der Waals surface area contributed by atoms with E-state index in [-0.39, 0.29) is 11.8 Å². The highest BCUT2D eigenvalue weighted by Crippen LogP contribution is 2.33. The zero-order valence-corrected chi connectivity index (χ0v) is 24.6. The van der Waals surface area contributed by atoms with E-state index in [4.69, 9.17) is 4.74 Å². The topological polar surface area (TPSA) is 126 Å². The Morgan fingerprint density at radius 3 is 2.48 bits per heavy atom. The first-order valence-electron chi connectivity index (χ1n) is 14.8. The van der Waals surface area contributed by atoms with Crippen LogP contribution < -0.4 is 16.0 Å². The van der Waals surface area contributed by atoms with Crippen LogP contribution in [0.3, 0.4) is 0 Å². The molecular formula is C27H49F3N4O5S. The normalized spacial score (nSPS) is 33.9. The number of alkyl halides is 3. The van der Waals surface area contributed by atoms with Gasteiger partial charge in [-0.15, -0.1) is 11.8 Å². The summed E-state index contributed by atoms with van der Waals surface area (Å²) in [6.07, 6.45) is -0.814. The lowest BCUT2D eigenvalue weighted by Crippen LogP contribution is -2.65. The summed E-state index contributed by atoms with van der Waals surface area (Å²) >= 11 is 1.26. The van der Waals surface area contributed by atoms with Crippen molar-refractivity contribution in [2.75, 3.05) is 45.5 Å². The Labute approximate surface area is 240 Å². The molecule has 8 atom stereocenters. The molecule has 0 saturated carbocycles. The third-order valence-electron chi connectivity index (χ3n) is 8.60. The highest BCUT2D eigenvalue weighted by atomic mass is 32.2. The molecule has 0 aromatic carbocycles. The van der Waals surface area contributed by atoms with Crippen molar-refractivity contribution in [2.45, 2.75) is 106 Å². The minimum Gasteiger partial charge on any atom is -0.388 e. The third-order valence-corrected chi connectivity index (χ3v) is 9.45. The third kappa shape index (κ3) is 9.96. The SMILES string of the molecule is CCCN1CCC(C(NC(=O)C2CCC(CCCNCC(F)(F)F)CCN2)C2OC(SC)C(O)C(O)C2O)CC1. The molecule has 3 aliphatic heterocycles. The first-order valence-corrected chi connectivity index (χ1v) is 16.1. The number of thioether (sulfide) groups is 1. The molecule has 0 bridgehead atoms. The van der Waals surface area contributed by atoms with Crippen LogP contribution in [0.4, 0.5) is 13.2 Å². The number of hydrogen-bond donors (Lipinski definition) is 6. The lowest BCUT2D eigenvalue weighted by atomic mass is 9.82. The average Bonchev–Trinajstić information content (AvgIpc) is 3.17. The molecule has 3 rings (SSSR count). The Kier molecular flexibility index (Phi) is 13.7. The standard InChI is InChI=1S/C27H49F3N4O5S/c1-3-13-34-14-9-18(10-15-34)20(24-22(36)21(35)23(37)26(39-24)40-2)33-25(38)19-7-6-17(8-12-32-19)5-4-11-31-16-27(28,29)30/h17-24,26,31-32,35-37H,3-16H2,1-2H3,(H,33,38). The Hall–Kier alpha value is -0.670. The molecule has 40 heavy (non-hydrogen) atoms. The van der Waals surface area contributed by atoms with E-state index in [0.29, 0.717) is 31.8 Å². The Balaban J connectivity index is 1.60. The molecule has 0 aromatic rings. The largest absolute Gasteiger partial charge is 0.401 e. The predicted molar refractivity (Wildman–Crippen MR) is 149 cm³/mol. The number of piperidine rings is 1. The van der Waals surface area contributed by atoms with E-state index in [1.54, 1.807) is 6.26 Å². The fourth-order valence-electron chi connectivity index (χ4n) is 6.32.